The maximum absolute atomic E-state index is 12.7. The van der Waals surface area contributed by atoms with Gasteiger partial charge in [0.05, 0.1) is 38.2 Å². The van der Waals surface area contributed by atoms with Gasteiger partial charge in [-0.05, 0) is 17.1 Å². The van der Waals surface area contributed by atoms with Crippen LogP contribution in [-0.4, -0.2) is 23.1 Å². The summed E-state index contributed by atoms with van der Waals surface area (Å²) >= 11 is 11.6. The zero-order valence-corrected chi connectivity index (χ0v) is 13.7. The van der Waals surface area contributed by atoms with E-state index in [0.29, 0.717) is 12.1 Å². The van der Waals surface area contributed by atoms with Gasteiger partial charge >= 0.3 is 12.0 Å². The molecular weight excluding hydrogens is 398 g/mol. The second-order valence-corrected chi connectivity index (χ2v) is 6.25. The van der Waals surface area contributed by atoms with Gasteiger partial charge in [0.1, 0.15) is 16.4 Å². The molecule has 0 fully saturated rings. The van der Waals surface area contributed by atoms with Crippen LogP contribution in [0.5, 0.6) is 0 Å². The fraction of sp³-hybridized carbons (Fsp3) is 0.182. The van der Waals surface area contributed by atoms with Crippen molar-refractivity contribution in [1.82, 2.24) is 9.78 Å². The number of halogens is 5. The number of alkyl halides is 3. The van der Waals surface area contributed by atoms with E-state index >= 15 is 0 Å². The Bertz CT molecular complexity index is 864. The van der Waals surface area contributed by atoms with Crippen LogP contribution in [0.3, 0.4) is 0 Å². The molecule has 2 aromatic rings. The molecule has 0 aliphatic carbocycles. The first-order valence-electron chi connectivity index (χ1n) is 5.92. The molecule has 13 heteroatoms. The molecule has 130 valence electrons. The Labute approximate surface area is 143 Å². The Balaban J connectivity index is 2.62. The number of hydrogen-bond acceptors (Lipinski definition) is 5. The average Bonchev–Trinajstić information content (AvgIpc) is 2.79. The largest absolute Gasteiger partial charge is 0.416 e. The normalized spacial score (nSPS) is 11.9. The number of nitrogens with zero attached hydrogens (tertiary/aromatic N) is 3. The molecule has 7 nitrogen and oxygen atoms in total. The Morgan fingerprint density at radius 1 is 1.25 bits per heavy atom. The zero-order valence-electron chi connectivity index (χ0n) is 11.3. The molecule has 0 bridgehead atoms. The molecule has 0 saturated carbocycles. The van der Waals surface area contributed by atoms with Gasteiger partial charge in [0, 0.05) is 0 Å². The smallest absolute Gasteiger partial charge is 0.358 e. The molecule has 1 heterocycles. The van der Waals surface area contributed by atoms with Crippen LogP contribution in [0.2, 0.25) is 10.0 Å². The third-order valence-electron chi connectivity index (χ3n) is 2.81. The van der Waals surface area contributed by atoms with Gasteiger partial charge in [0.2, 0.25) is 0 Å². The molecule has 1 aromatic heterocycles. The van der Waals surface area contributed by atoms with Crippen molar-refractivity contribution in [2.45, 2.75) is 11.9 Å². The van der Waals surface area contributed by atoms with Crippen LogP contribution in [-0.2, 0) is 22.6 Å². The minimum atomic E-state index is -4.69. The Morgan fingerprint density at radius 2 is 1.79 bits per heavy atom. The van der Waals surface area contributed by atoms with Crippen molar-refractivity contribution in [2.24, 2.45) is 0 Å². The number of nitro groups is 1. The molecule has 0 aliphatic rings. The van der Waals surface area contributed by atoms with Crippen molar-refractivity contribution in [3.05, 3.63) is 49.6 Å². The second kappa shape index (κ2) is 6.57. The van der Waals surface area contributed by atoms with E-state index in [2.05, 4.69) is 5.10 Å². The summed E-state index contributed by atoms with van der Waals surface area (Å²) in [4.78, 5) is 10.0. The summed E-state index contributed by atoms with van der Waals surface area (Å²) in [5.74, 6) is -1.43. The van der Waals surface area contributed by atoms with Crippen molar-refractivity contribution in [3.8, 4) is 5.69 Å². The second-order valence-electron chi connectivity index (χ2n) is 4.46. The summed E-state index contributed by atoms with van der Waals surface area (Å²) in [5, 5.41) is 13.6. The molecule has 24 heavy (non-hydrogen) atoms. The van der Waals surface area contributed by atoms with Crippen LogP contribution in [0.4, 0.5) is 19.0 Å². The van der Waals surface area contributed by atoms with Crippen molar-refractivity contribution >= 4 is 39.7 Å². The van der Waals surface area contributed by atoms with Gasteiger partial charge in [0.15, 0.2) is 0 Å². The maximum Gasteiger partial charge on any atom is 0.416 e. The predicted molar refractivity (Wildman–Crippen MR) is 79.3 cm³/mol. The van der Waals surface area contributed by atoms with E-state index in [1.807, 2.05) is 0 Å². The summed E-state index contributed by atoms with van der Waals surface area (Å²) in [6.45, 7) is 0. The maximum atomic E-state index is 12.7. The minimum absolute atomic E-state index is 0.234. The quantitative estimate of drug-likeness (QED) is 0.480. The molecule has 0 aliphatic heterocycles. The molecule has 0 N–H and O–H groups in total. The summed E-state index contributed by atoms with van der Waals surface area (Å²) < 4.78 is 60.4. The van der Waals surface area contributed by atoms with E-state index in [9.17, 15) is 31.7 Å². The van der Waals surface area contributed by atoms with Gasteiger partial charge < -0.3 is 10.1 Å². The number of benzene rings is 1. The third-order valence-corrected chi connectivity index (χ3v) is 3.99. The predicted octanol–water partition coefficient (Wildman–Crippen LogP) is 3.22. The number of aromatic nitrogens is 2. The van der Waals surface area contributed by atoms with E-state index in [-0.39, 0.29) is 11.3 Å². The summed E-state index contributed by atoms with van der Waals surface area (Å²) in [6, 6.07) is 1.17. The van der Waals surface area contributed by atoms with Gasteiger partial charge in [-0.2, -0.15) is 13.2 Å². The fourth-order valence-corrected chi connectivity index (χ4v) is 3.03. The van der Waals surface area contributed by atoms with Crippen LogP contribution < -0.4 is 0 Å². The average molecular weight is 404 g/mol. The van der Waals surface area contributed by atoms with E-state index in [4.69, 9.17) is 23.2 Å². The van der Waals surface area contributed by atoms with Crippen LogP contribution in [0.25, 0.3) is 5.69 Å². The highest BCUT2D eigenvalue weighted by molar-refractivity contribution is 7.71. The molecule has 0 spiro atoms. The lowest BCUT2D eigenvalue weighted by molar-refractivity contribution is -0.390. The lowest BCUT2D eigenvalue weighted by atomic mass is 10.2. The molecule has 1 aromatic carbocycles. The van der Waals surface area contributed by atoms with E-state index in [1.54, 1.807) is 0 Å². The zero-order chi connectivity index (χ0) is 18.2. The van der Waals surface area contributed by atoms with E-state index in [0.717, 1.165) is 10.9 Å². The summed E-state index contributed by atoms with van der Waals surface area (Å²) in [6.07, 6.45) is -3.71. The highest BCUT2D eigenvalue weighted by Crippen LogP contribution is 2.37. The number of hydrogen-bond donors (Lipinski definition) is 1. The minimum Gasteiger partial charge on any atom is -0.358 e. The van der Waals surface area contributed by atoms with Gasteiger partial charge in [-0.3, -0.25) is 0 Å². The highest BCUT2D eigenvalue weighted by atomic mass is 35.5. The fourth-order valence-electron chi connectivity index (χ4n) is 1.87. The SMILES string of the molecule is O=[N+]([O-])c1nn(-c2c(Cl)cc(C(F)(F)F)cc2Cl)cc1C[SH](=O)=O. The van der Waals surface area contributed by atoms with Crippen LogP contribution >= 0.6 is 23.2 Å². The number of rotatable bonds is 4. The Hall–Kier alpha value is -1.85. The lowest BCUT2D eigenvalue weighted by Crippen LogP contribution is -2.07. The molecular formula is C11H6Cl2F3N3O4S. The first-order valence-corrected chi connectivity index (χ1v) is 8.04. The van der Waals surface area contributed by atoms with E-state index < -0.39 is 49.0 Å². The first-order chi connectivity index (χ1) is 11.0. The van der Waals surface area contributed by atoms with Crippen LogP contribution in [0, 0.1) is 10.1 Å². The molecule has 0 radical (unpaired) electrons. The van der Waals surface area contributed by atoms with Crippen LogP contribution in [0.1, 0.15) is 11.1 Å². The van der Waals surface area contributed by atoms with Crippen molar-refractivity contribution in [1.29, 1.82) is 0 Å². The molecule has 0 saturated heterocycles. The standard InChI is InChI=1S/C11H6Cl2F3N3O4S/c12-7-1-6(11(14,15)16)2-8(13)9(7)18-3-5(4-24(22)23)10(17-18)19(20)21/h1-3,24H,4H2. The molecule has 0 amide bonds. The molecule has 2 rings (SSSR count). The van der Waals surface area contributed by atoms with Crippen molar-refractivity contribution in [3.63, 3.8) is 0 Å². The van der Waals surface area contributed by atoms with Crippen molar-refractivity contribution < 1.29 is 26.5 Å². The summed E-state index contributed by atoms with van der Waals surface area (Å²) in [7, 11) is -2.98. The van der Waals surface area contributed by atoms with E-state index in [1.165, 1.54) is 0 Å². The molecule has 0 unspecified atom stereocenters. The summed E-state index contributed by atoms with van der Waals surface area (Å²) in [5.41, 5.74) is -1.59. The Morgan fingerprint density at radius 3 is 2.21 bits per heavy atom. The molecule has 0 atom stereocenters. The highest BCUT2D eigenvalue weighted by Gasteiger charge is 2.33. The van der Waals surface area contributed by atoms with Gasteiger partial charge in [-0.15, -0.1) is 4.68 Å². The van der Waals surface area contributed by atoms with Crippen LogP contribution in [0.15, 0.2) is 18.3 Å². The van der Waals surface area contributed by atoms with Gasteiger partial charge in [0.25, 0.3) is 0 Å². The van der Waals surface area contributed by atoms with Gasteiger partial charge in [-0.25, -0.2) is 8.42 Å². The van der Waals surface area contributed by atoms with Crippen molar-refractivity contribution in [2.75, 3.05) is 0 Å². The number of thiol groups is 1. The monoisotopic (exact) mass is 403 g/mol. The topological polar surface area (TPSA) is 95.1 Å². The lowest BCUT2D eigenvalue weighted by Gasteiger charge is -2.10. The van der Waals surface area contributed by atoms with Gasteiger partial charge in [-0.1, -0.05) is 23.2 Å². The first kappa shape index (κ1) is 18.5. The Kier molecular flexibility index (Phi) is 5.06. The third kappa shape index (κ3) is 3.79.